The first-order chi connectivity index (χ1) is 9.52. The number of aliphatic hydroxyl groups excluding tert-OH is 1. The van der Waals surface area contributed by atoms with Gasteiger partial charge in [-0.15, -0.1) is 0 Å². The Hall–Kier alpha value is -1.06. The van der Waals surface area contributed by atoms with Crippen molar-refractivity contribution in [1.29, 1.82) is 0 Å². The molecule has 0 aliphatic heterocycles. The maximum Gasteiger partial charge on any atom is 0.312 e. The predicted octanol–water partition coefficient (Wildman–Crippen LogP) is 3.32. The Morgan fingerprint density at radius 2 is 2.25 bits per heavy atom. The minimum Gasteiger partial charge on any atom is -0.469 e. The molecule has 1 aromatic carbocycles. The Morgan fingerprint density at radius 1 is 1.50 bits per heavy atom. The lowest BCUT2D eigenvalue weighted by Gasteiger charge is -2.16. The highest BCUT2D eigenvalue weighted by atomic mass is 35.5. The average molecular weight is 297 g/mol. The van der Waals surface area contributed by atoms with E-state index in [1.54, 1.807) is 6.92 Å². The third kappa shape index (κ3) is 3.33. The predicted molar refractivity (Wildman–Crippen MR) is 78.9 cm³/mol. The van der Waals surface area contributed by atoms with E-state index in [9.17, 15) is 9.90 Å². The molecule has 1 N–H and O–H groups in total. The van der Waals surface area contributed by atoms with Gasteiger partial charge in [0.15, 0.2) is 0 Å². The summed E-state index contributed by atoms with van der Waals surface area (Å²) in [5.74, 6) is -0.320. The summed E-state index contributed by atoms with van der Waals surface area (Å²) in [6, 6.07) is 5.79. The fraction of sp³-hybridized carbons (Fsp3) is 0.562. The van der Waals surface area contributed by atoms with Gasteiger partial charge in [0, 0.05) is 5.02 Å². The highest BCUT2D eigenvalue weighted by Gasteiger charge is 2.25. The standard InChI is InChI=1S/C16H21ClO3/c1-10(16(19)20-2)13-7-6-11(9-14(13)17)8-12-4-3-5-15(12)18/h6-7,9-10,12,15,18H,3-5,8H2,1-2H3/t10?,12-,15+/m0/s1. The first-order valence-electron chi connectivity index (χ1n) is 7.07. The summed E-state index contributed by atoms with van der Waals surface area (Å²) in [4.78, 5) is 11.6. The molecule has 1 fully saturated rings. The van der Waals surface area contributed by atoms with Crippen LogP contribution in [0.1, 0.15) is 43.2 Å². The number of methoxy groups -OCH3 is 1. The van der Waals surface area contributed by atoms with Crippen molar-refractivity contribution in [1.82, 2.24) is 0 Å². The topological polar surface area (TPSA) is 46.5 Å². The lowest BCUT2D eigenvalue weighted by molar-refractivity contribution is -0.141. The van der Waals surface area contributed by atoms with Crippen LogP contribution in [-0.4, -0.2) is 24.3 Å². The van der Waals surface area contributed by atoms with Crippen molar-refractivity contribution in [2.75, 3.05) is 7.11 Å². The molecule has 1 aliphatic carbocycles. The highest BCUT2D eigenvalue weighted by molar-refractivity contribution is 6.31. The number of benzene rings is 1. The Morgan fingerprint density at radius 3 is 2.80 bits per heavy atom. The first-order valence-corrected chi connectivity index (χ1v) is 7.45. The van der Waals surface area contributed by atoms with Gasteiger partial charge in [-0.1, -0.05) is 30.2 Å². The van der Waals surface area contributed by atoms with Crippen LogP contribution in [0.4, 0.5) is 0 Å². The van der Waals surface area contributed by atoms with Gasteiger partial charge in [-0.05, 0) is 49.3 Å². The molecule has 0 aromatic heterocycles. The van der Waals surface area contributed by atoms with Gasteiger partial charge >= 0.3 is 5.97 Å². The molecule has 1 saturated carbocycles. The van der Waals surface area contributed by atoms with Crippen LogP contribution >= 0.6 is 11.6 Å². The zero-order valence-corrected chi connectivity index (χ0v) is 12.7. The zero-order valence-electron chi connectivity index (χ0n) is 11.9. The molecule has 0 radical (unpaired) electrons. The van der Waals surface area contributed by atoms with E-state index in [1.807, 2.05) is 18.2 Å². The molecule has 1 aromatic rings. The molecular weight excluding hydrogens is 276 g/mol. The van der Waals surface area contributed by atoms with Crippen LogP contribution in [-0.2, 0) is 16.0 Å². The van der Waals surface area contributed by atoms with E-state index >= 15 is 0 Å². The molecule has 20 heavy (non-hydrogen) atoms. The van der Waals surface area contributed by atoms with Crippen molar-refractivity contribution in [3.05, 3.63) is 34.3 Å². The molecule has 3 nitrogen and oxygen atoms in total. The van der Waals surface area contributed by atoms with Gasteiger partial charge < -0.3 is 9.84 Å². The van der Waals surface area contributed by atoms with Crippen molar-refractivity contribution in [3.63, 3.8) is 0 Å². The molecule has 0 bridgehead atoms. The van der Waals surface area contributed by atoms with E-state index in [1.165, 1.54) is 7.11 Å². The highest BCUT2D eigenvalue weighted by Crippen LogP contribution is 2.31. The van der Waals surface area contributed by atoms with Crippen LogP contribution in [0, 0.1) is 5.92 Å². The number of ether oxygens (including phenoxy) is 1. The maximum atomic E-state index is 11.6. The molecule has 4 heteroatoms. The number of carbonyl (C=O) groups is 1. The van der Waals surface area contributed by atoms with Crippen molar-refractivity contribution in [2.45, 2.75) is 44.6 Å². The van der Waals surface area contributed by atoms with E-state index in [0.29, 0.717) is 10.9 Å². The molecule has 0 saturated heterocycles. The quantitative estimate of drug-likeness (QED) is 0.867. The molecule has 1 unspecified atom stereocenters. The Balaban J connectivity index is 2.11. The number of aliphatic hydroxyl groups is 1. The number of rotatable bonds is 4. The van der Waals surface area contributed by atoms with E-state index < -0.39 is 0 Å². The Bertz CT molecular complexity index is 487. The van der Waals surface area contributed by atoms with Crippen molar-refractivity contribution >= 4 is 17.6 Å². The van der Waals surface area contributed by atoms with E-state index in [0.717, 1.165) is 36.8 Å². The first kappa shape index (κ1) is 15.3. The zero-order chi connectivity index (χ0) is 14.7. The molecular formula is C16H21ClO3. The van der Waals surface area contributed by atoms with Crippen molar-refractivity contribution in [2.24, 2.45) is 5.92 Å². The summed E-state index contributed by atoms with van der Waals surface area (Å²) in [6.07, 6.45) is 3.71. The van der Waals surface area contributed by atoms with Gasteiger partial charge in [0.05, 0.1) is 19.1 Å². The number of carbonyl (C=O) groups excluding carboxylic acids is 1. The van der Waals surface area contributed by atoms with Crippen LogP contribution in [0.25, 0.3) is 0 Å². The molecule has 110 valence electrons. The number of halogens is 1. The normalized spacial score (nSPS) is 23.6. The van der Waals surface area contributed by atoms with Crippen LogP contribution in [0.2, 0.25) is 5.02 Å². The third-order valence-electron chi connectivity index (χ3n) is 4.20. The SMILES string of the molecule is COC(=O)C(C)c1ccc(C[C@@H]2CCC[C@H]2O)cc1Cl. The van der Waals surface area contributed by atoms with Gasteiger partial charge in [-0.2, -0.15) is 0 Å². The number of hydrogen-bond acceptors (Lipinski definition) is 3. The molecule has 0 amide bonds. The average Bonchev–Trinajstić information content (AvgIpc) is 2.83. The fourth-order valence-electron chi connectivity index (χ4n) is 2.91. The fourth-order valence-corrected chi connectivity index (χ4v) is 3.28. The smallest absolute Gasteiger partial charge is 0.312 e. The third-order valence-corrected chi connectivity index (χ3v) is 4.53. The molecule has 0 spiro atoms. The van der Waals surface area contributed by atoms with E-state index in [2.05, 4.69) is 0 Å². The largest absolute Gasteiger partial charge is 0.469 e. The molecule has 1 aliphatic rings. The van der Waals surface area contributed by atoms with Crippen molar-refractivity contribution in [3.8, 4) is 0 Å². The molecule has 2 rings (SSSR count). The summed E-state index contributed by atoms with van der Waals surface area (Å²) in [5.41, 5.74) is 1.90. The second-order valence-electron chi connectivity index (χ2n) is 5.56. The summed E-state index contributed by atoms with van der Waals surface area (Å²) >= 11 is 6.28. The second kappa shape index (κ2) is 6.59. The monoisotopic (exact) mass is 296 g/mol. The Labute approximate surface area is 124 Å². The molecule has 3 atom stereocenters. The van der Waals surface area contributed by atoms with Gasteiger partial charge in [-0.3, -0.25) is 4.79 Å². The van der Waals surface area contributed by atoms with Gasteiger partial charge in [0.1, 0.15) is 0 Å². The van der Waals surface area contributed by atoms with Gasteiger partial charge in [-0.25, -0.2) is 0 Å². The molecule has 0 heterocycles. The van der Waals surface area contributed by atoms with Crippen LogP contribution < -0.4 is 0 Å². The van der Waals surface area contributed by atoms with E-state index in [-0.39, 0.29) is 18.0 Å². The summed E-state index contributed by atoms with van der Waals surface area (Å²) in [7, 11) is 1.38. The minimum absolute atomic E-state index is 0.192. The minimum atomic E-state index is -0.362. The summed E-state index contributed by atoms with van der Waals surface area (Å²) in [5, 5.41) is 10.5. The second-order valence-corrected chi connectivity index (χ2v) is 5.97. The number of esters is 1. The maximum absolute atomic E-state index is 11.6. The van der Waals surface area contributed by atoms with Crippen LogP contribution in [0.15, 0.2) is 18.2 Å². The lowest BCUT2D eigenvalue weighted by atomic mass is 9.93. The van der Waals surface area contributed by atoms with Crippen molar-refractivity contribution < 1.29 is 14.6 Å². The summed E-state index contributed by atoms with van der Waals surface area (Å²) < 4.78 is 4.74. The van der Waals surface area contributed by atoms with E-state index in [4.69, 9.17) is 16.3 Å². The van der Waals surface area contributed by atoms with Gasteiger partial charge in [0.2, 0.25) is 0 Å². The van der Waals surface area contributed by atoms with Crippen LogP contribution in [0.5, 0.6) is 0 Å². The van der Waals surface area contributed by atoms with Crippen LogP contribution in [0.3, 0.4) is 0 Å². The lowest BCUT2D eigenvalue weighted by Crippen LogP contribution is -2.16. The Kier molecular flexibility index (Phi) is 5.06. The summed E-state index contributed by atoms with van der Waals surface area (Å²) in [6.45, 7) is 1.79. The number of hydrogen-bond donors (Lipinski definition) is 1. The van der Waals surface area contributed by atoms with Gasteiger partial charge in [0.25, 0.3) is 0 Å².